The summed E-state index contributed by atoms with van der Waals surface area (Å²) in [6, 6.07) is 15.0. The summed E-state index contributed by atoms with van der Waals surface area (Å²) in [4.78, 5) is 12.1. The van der Waals surface area contributed by atoms with Crippen LogP contribution in [0.4, 0.5) is 0 Å². The van der Waals surface area contributed by atoms with Crippen LogP contribution in [0.1, 0.15) is 21.5 Å². The maximum absolute atomic E-state index is 12.1. The van der Waals surface area contributed by atoms with E-state index in [1.165, 1.54) is 0 Å². The Morgan fingerprint density at radius 3 is 2.92 bits per heavy atom. The minimum absolute atomic E-state index is 0.127. The van der Waals surface area contributed by atoms with Gasteiger partial charge < -0.3 is 5.32 Å². The molecule has 0 aliphatic rings. The highest BCUT2D eigenvalue weighted by Gasteiger charge is 2.07. The lowest BCUT2D eigenvalue weighted by molar-refractivity contribution is 0.0956. The summed E-state index contributed by atoms with van der Waals surface area (Å²) in [5.41, 5.74) is 3.70. The maximum atomic E-state index is 12.1. The van der Waals surface area contributed by atoms with E-state index in [9.17, 15) is 4.79 Å². The third kappa shape index (κ3) is 3.73. The number of carbonyl (C=O) groups excluding carboxylic acids is 1. The number of amides is 1. The van der Waals surface area contributed by atoms with Crippen LogP contribution >= 0.6 is 11.8 Å². The van der Waals surface area contributed by atoms with E-state index in [-0.39, 0.29) is 5.91 Å². The molecule has 0 radical (unpaired) electrons. The highest BCUT2D eigenvalue weighted by atomic mass is 32.2. The second kappa shape index (κ2) is 7.62. The first-order chi connectivity index (χ1) is 11.8. The molecule has 2 N–H and O–H groups in total. The molecule has 3 rings (SSSR count). The van der Waals surface area contributed by atoms with E-state index in [1.807, 2.05) is 24.3 Å². The van der Waals surface area contributed by atoms with Gasteiger partial charge in [0.2, 0.25) is 0 Å². The molecule has 2 aromatic carbocycles. The van der Waals surface area contributed by atoms with Gasteiger partial charge >= 0.3 is 0 Å². The van der Waals surface area contributed by atoms with Crippen LogP contribution in [-0.4, -0.2) is 33.6 Å². The molecule has 1 aromatic heterocycles. The molecule has 0 aliphatic heterocycles. The van der Waals surface area contributed by atoms with Crippen molar-refractivity contribution in [3.05, 3.63) is 59.2 Å². The molecule has 0 aliphatic carbocycles. The summed E-state index contributed by atoms with van der Waals surface area (Å²) in [7, 11) is 0. The monoisotopic (exact) mass is 337 g/mol. The van der Waals surface area contributed by atoms with Crippen molar-refractivity contribution in [2.24, 2.45) is 0 Å². The summed E-state index contributed by atoms with van der Waals surface area (Å²) >= 11 is 1.68. The molecule has 1 amide bonds. The van der Waals surface area contributed by atoms with E-state index in [2.05, 4.69) is 26.8 Å². The topological polar surface area (TPSA) is 94.5 Å². The van der Waals surface area contributed by atoms with Crippen LogP contribution in [0.3, 0.4) is 0 Å². The zero-order valence-electron chi connectivity index (χ0n) is 12.8. The van der Waals surface area contributed by atoms with Gasteiger partial charge in [-0.1, -0.05) is 18.2 Å². The molecule has 0 unspecified atom stereocenters. The molecule has 0 bridgehead atoms. The van der Waals surface area contributed by atoms with Gasteiger partial charge in [-0.2, -0.15) is 32.4 Å². The molecule has 0 saturated heterocycles. The molecule has 3 aromatic rings. The number of hydrogen-bond acceptors (Lipinski definition) is 5. The normalized spacial score (nSPS) is 10.5. The van der Waals surface area contributed by atoms with Crippen molar-refractivity contribution in [3.8, 4) is 6.07 Å². The molecule has 24 heavy (non-hydrogen) atoms. The lowest BCUT2D eigenvalue weighted by Gasteiger charge is -2.06. The Morgan fingerprint density at radius 2 is 2.04 bits per heavy atom. The molecule has 0 saturated carbocycles. The number of fused-ring (bicyclic) bond motifs is 1. The average molecular weight is 337 g/mol. The number of H-pyrrole nitrogens is 1. The van der Waals surface area contributed by atoms with Crippen molar-refractivity contribution < 1.29 is 4.79 Å². The van der Waals surface area contributed by atoms with Crippen molar-refractivity contribution in [2.75, 3.05) is 12.3 Å². The zero-order valence-corrected chi connectivity index (χ0v) is 13.6. The standard InChI is InChI=1S/C17H15N5OS/c18-10-13-3-1-2-4-14(13)11-24-8-7-19-17(23)12-5-6-15-16(9-12)21-22-20-15/h1-6,9H,7-8,11H2,(H,19,23)(H,20,21,22). The van der Waals surface area contributed by atoms with Gasteiger partial charge in [0.1, 0.15) is 11.0 Å². The van der Waals surface area contributed by atoms with Crippen LogP contribution in [0.5, 0.6) is 0 Å². The van der Waals surface area contributed by atoms with Crippen molar-refractivity contribution >= 4 is 28.7 Å². The molecule has 0 fully saturated rings. The summed E-state index contributed by atoms with van der Waals surface area (Å²) in [6.45, 7) is 0.565. The Balaban J connectivity index is 1.46. The van der Waals surface area contributed by atoms with Crippen LogP contribution < -0.4 is 5.32 Å². The van der Waals surface area contributed by atoms with Crippen molar-refractivity contribution in [1.82, 2.24) is 20.7 Å². The molecule has 0 spiro atoms. The largest absolute Gasteiger partial charge is 0.351 e. The number of nitrogens with zero attached hydrogens (tertiary/aromatic N) is 3. The van der Waals surface area contributed by atoms with Gasteiger partial charge in [0.15, 0.2) is 0 Å². The van der Waals surface area contributed by atoms with Gasteiger partial charge in [0.05, 0.1) is 11.6 Å². The molecule has 0 atom stereocenters. The van der Waals surface area contributed by atoms with Gasteiger partial charge in [-0.3, -0.25) is 4.79 Å². The lowest BCUT2D eigenvalue weighted by atomic mass is 10.1. The molecule has 1 heterocycles. The highest BCUT2D eigenvalue weighted by molar-refractivity contribution is 7.98. The molecular weight excluding hydrogens is 322 g/mol. The summed E-state index contributed by atoms with van der Waals surface area (Å²) in [5.74, 6) is 1.40. The summed E-state index contributed by atoms with van der Waals surface area (Å²) < 4.78 is 0. The third-order valence-corrected chi connectivity index (χ3v) is 4.51. The van der Waals surface area contributed by atoms with Crippen LogP contribution in [-0.2, 0) is 5.75 Å². The quantitative estimate of drug-likeness (QED) is 0.674. The van der Waals surface area contributed by atoms with Crippen LogP contribution in [0.2, 0.25) is 0 Å². The number of carbonyl (C=O) groups is 1. The van der Waals surface area contributed by atoms with Crippen LogP contribution in [0.15, 0.2) is 42.5 Å². The van der Waals surface area contributed by atoms with E-state index in [1.54, 1.807) is 30.0 Å². The number of thioether (sulfide) groups is 1. The summed E-state index contributed by atoms with van der Waals surface area (Å²) in [6.07, 6.45) is 0. The average Bonchev–Trinajstić information content (AvgIpc) is 3.09. The maximum Gasteiger partial charge on any atom is 0.251 e. The fraction of sp³-hybridized carbons (Fsp3) is 0.176. The van der Waals surface area contributed by atoms with Crippen molar-refractivity contribution in [3.63, 3.8) is 0 Å². The van der Waals surface area contributed by atoms with E-state index in [0.29, 0.717) is 23.2 Å². The second-order valence-corrected chi connectivity index (χ2v) is 6.21. The predicted octanol–water partition coefficient (Wildman–Crippen LogP) is 2.49. The van der Waals surface area contributed by atoms with E-state index in [4.69, 9.17) is 5.26 Å². The molecule has 6 nitrogen and oxygen atoms in total. The first kappa shape index (κ1) is 16.0. The number of benzene rings is 2. The van der Waals surface area contributed by atoms with E-state index >= 15 is 0 Å². The van der Waals surface area contributed by atoms with E-state index in [0.717, 1.165) is 22.6 Å². The van der Waals surface area contributed by atoms with Gasteiger partial charge in [0, 0.05) is 23.6 Å². The first-order valence-corrected chi connectivity index (χ1v) is 8.58. The minimum Gasteiger partial charge on any atom is -0.351 e. The Hall–Kier alpha value is -2.85. The number of nitrogens with one attached hydrogen (secondary N) is 2. The Bertz CT molecular complexity index is 899. The number of aromatic nitrogens is 3. The fourth-order valence-electron chi connectivity index (χ4n) is 2.26. The SMILES string of the molecule is N#Cc1ccccc1CSCCNC(=O)c1ccc2n[nH]nc2c1. The first-order valence-electron chi connectivity index (χ1n) is 7.42. The number of nitriles is 1. The van der Waals surface area contributed by atoms with Gasteiger partial charge in [-0.05, 0) is 29.8 Å². The van der Waals surface area contributed by atoms with Crippen molar-refractivity contribution in [1.29, 1.82) is 5.26 Å². The molecule has 120 valence electrons. The van der Waals surface area contributed by atoms with Crippen molar-refractivity contribution in [2.45, 2.75) is 5.75 Å². The number of aromatic amines is 1. The summed E-state index contributed by atoms with van der Waals surface area (Å²) in [5, 5.41) is 22.4. The van der Waals surface area contributed by atoms with Crippen LogP contribution in [0, 0.1) is 11.3 Å². The second-order valence-electron chi connectivity index (χ2n) is 5.10. The van der Waals surface area contributed by atoms with E-state index < -0.39 is 0 Å². The smallest absolute Gasteiger partial charge is 0.251 e. The number of hydrogen-bond donors (Lipinski definition) is 2. The fourth-order valence-corrected chi connectivity index (χ4v) is 3.12. The molecule has 7 heteroatoms. The lowest BCUT2D eigenvalue weighted by Crippen LogP contribution is -2.25. The third-order valence-electron chi connectivity index (χ3n) is 3.51. The Labute approximate surface area is 143 Å². The predicted molar refractivity (Wildman–Crippen MR) is 93.5 cm³/mol. The Kier molecular flexibility index (Phi) is 5.08. The highest BCUT2D eigenvalue weighted by Crippen LogP contribution is 2.15. The Morgan fingerprint density at radius 1 is 1.21 bits per heavy atom. The van der Waals surface area contributed by atoms with Gasteiger partial charge in [-0.25, -0.2) is 0 Å². The number of rotatable bonds is 6. The van der Waals surface area contributed by atoms with Crippen LogP contribution in [0.25, 0.3) is 11.0 Å². The van der Waals surface area contributed by atoms with Gasteiger partial charge in [-0.15, -0.1) is 0 Å². The minimum atomic E-state index is -0.127. The van der Waals surface area contributed by atoms with Gasteiger partial charge in [0.25, 0.3) is 5.91 Å². The molecular formula is C17H15N5OS. The zero-order chi connectivity index (χ0) is 16.8.